The van der Waals surface area contributed by atoms with Gasteiger partial charge in [0.2, 0.25) is 0 Å². The lowest BCUT2D eigenvalue weighted by Crippen LogP contribution is -2.51. The zero-order chi connectivity index (χ0) is 13.5. The van der Waals surface area contributed by atoms with Gasteiger partial charge in [0.1, 0.15) is 0 Å². The molecule has 2 aliphatic rings. The van der Waals surface area contributed by atoms with Crippen LogP contribution in [0.5, 0.6) is 0 Å². The number of nitrogens with two attached hydrogens (primary N) is 1. The smallest absolute Gasteiger partial charge is 0.0507 e. The van der Waals surface area contributed by atoms with Crippen molar-refractivity contribution < 1.29 is 0 Å². The summed E-state index contributed by atoms with van der Waals surface area (Å²) < 4.78 is 0. The normalized spacial score (nSPS) is 24.9. The van der Waals surface area contributed by atoms with Crippen molar-refractivity contribution in [1.82, 2.24) is 14.7 Å². The molecule has 19 heavy (non-hydrogen) atoms. The predicted octanol–water partition coefficient (Wildman–Crippen LogP) is 1.03. The van der Waals surface area contributed by atoms with E-state index in [1.807, 2.05) is 0 Å². The average Bonchev–Trinajstić information content (AvgIpc) is 2.47. The molecule has 2 N–H and O–H groups in total. The Morgan fingerprint density at radius 2 is 1.47 bits per heavy atom. The molecular formula is C15H32N4. The molecule has 0 atom stereocenters. The highest BCUT2D eigenvalue weighted by Gasteiger charge is 2.22. The van der Waals surface area contributed by atoms with E-state index in [-0.39, 0.29) is 0 Å². The molecule has 0 bridgehead atoms. The summed E-state index contributed by atoms with van der Waals surface area (Å²) in [6.45, 7) is 13.1. The van der Waals surface area contributed by atoms with E-state index in [1.54, 1.807) is 0 Å². The largest absolute Gasteiger partial charge is 0.330 e. The van der Waals surface area contributed by atoms with Crippen LogP contribution in [0.4, 0.5) is 0 Å². The summed E-state index contributed by atoms with van der Waals surface area (Å²) in [6.07, 6.45) is 5.33. The quantitative estimate of drug-likeness (QED) is 0.780. The van der Waals surface area contributed by atoms with Gasteiger partial charge >= 0.3 is 0 Å². The van der Waals surface area contributed by atoms with Crippen LogP contribution in [0.1, 0.15) is 32.6 Å². The summed E-state index contributed by atoms with van der Waals surface area (Å²) >= 11 is 0. The molecule has 2 saturated heterocycles. The van der Waals surface area contributed by atoms with Crippen molar-refractivity contribution in [2.75, 3.05) is 59.0 Å². The lowest BCUT2D eigenvalue weighted by molar-refractivity contribution is 0.0555. The first-order valence-corrected chi connectivity index (χ1v) is 8.19. The number of nitrogens with zero attached hydrogens (tertiary/aromatic N) is 3. The Hall–Kier alpha value is -0.160. The van der Waals surface area contributed by atoms with Crippen molar-refractivity contribution in [1.29, 1.82) is 0 Å². The van der Waals surface area contributed by atoms with E-state index in [0.29, 0.717) is 0 Å². The topological polar surface area (TPSA) is 35.7 Å². The highest BCUT2D eigenvalue weighted by Crippen LogP contribution is 2.20. The van der Waals surface area contributed by atoms with Gasteiger partial charge in [0.25, 0.3) is 0 Å². The molecule has 2 heterocycles. The number of rotatable bonds is 6. The average molecular weight is 268 g/mol. The van der Waals surface area contributed by atoms with Crippen LogP contribution < -0.4 is 5.73 Å². The molecule has 0 aromatic carbocycles. The van der Waals surface area contributed by atoms with Gasteiger partial charge < -0.3 is 10.6 Å². The summed E-state index contributed by atoms with van der Waals surface area (Å²) in [5.74, 6) is 0.990. The van der Waals surface area contributed by atoms with Gasteiger partial charge in [0, 0.05) is 26.2 Å². The maximum absolute atomic E-state index is 5.58. The lowest BCUT2D eigenvalue weighted by atomic mass is 9.95. The molecule has 0 aromatic heterocycles. The van der Waals surface area contributed by atoms with E-state index < -0.39 is 0 Å². The minimum absolute atomic E-state index is 0.826. The van der Waals surface area contributed by atoms with Crippen molar-refractivity contribution >= 4 is 0 Å². The Morgan fingerprint density at radius 1 is 0.895 bits per heavy atom. The molecule has 0 aliphatic carbocycles. The van der Waals surface area contributed by atoms with Gasteiger partial charge in [-0.05, 0) is 51.4 Å². The highest BCUT2D eigenvalue weighted by molar-refractivity contribution is 4.75. The van der Waals surface area contributed by atoms with Crippen LogP contribution in [0.15, 0.2) is 0 Å². The first kappa shape index (κ1) is 15.2. The van der Waals surface area contributed by atoms with E-state index in [9.17, 15) is 0 Å². The fourth-order valence-corrected chi connectivity index (χ4v) is 3.29. The molecule has 2 aliphatic heterocycles. The van der Waals surface area contributed by atoms with Gasteiger partial charge in [-0.15, -0.1) is 0 Å². The van der Waals surface area contributed by atoms with Crippen molar-refractivity contribution in [2.24, 2.45) is 11.7 Å². The third-order valence-corrected chi connectivity index (χ3v) is 4.83. The molecule has 0 unspecified atom stereocenters. The number of piperazine rings is 1. The van der Waals surface area contributed by atoms with Gasteiger partial charge in [-0.25, -0.2) is 0 Å². The van der Waals surface area contributed by atoms with E-state index in [4.69, 9.17) is 5.73 Å². The minimum atomic E-state index is 0.826. The number of piperidine rings is 1. The van der Waals surface area contributed by atoms with E-state index in [0.717, 1.165) is 18.9 Å². The van der Waals surface area contributed by atoms with Crippen LogP contribution in [0.2, 0.25) is 0 Å². The van der Waals surface area contributed by atoms with Gasteiger partial charge in [-0.3, -0.25) is 9.80 Å². The molecular weight excluding hydrogens is 236 g/mol. The second kappa shape index (κ2) is 8.20. The van der Waals surface area contributed by atoms with Crippen molar-refractivity contribution in [3.8, 4) is 0 Å². The van der Waals surface area contributed by atoms with Gasteiger partial charge in [0.15, 0.2) is 0 Å². The molecule has 112 valence electrons. The highest BCUT2D eigenvalue weighted by atomic mass is 15.3. The third-order valence-electron chi connectivity index (χ3n) is 4.83. The van der Waals surface area contributed by atoms with E-state index in [1.165, 1.54) is 71.7 Å². The Balaban J connectivity index is 1.60. The second-order valence-corrected chi connectivity index (χ2v) is 6.21. The first-order valence-electron chi connectivity index (χ1n) is 8.19. The van der Waals surface area contributed by atoms with Crippen molar-refractivity contribution in [2.45, 2.75) is 32.6 Å². The Bertz CT molecular complexity index is 230. The number of hydrogen-bond acceptors (Lipinski definition) is 4. The summed E-state index contributed by atoms with van der Waals surface area (Å²) in [5.41, 5.74) is 5.58. The molecule has 0 amide bonds. The molecule has 2 fully saturated rings. The Labute approximate surface area is 118 Å². The van der Waals surface area contributed by atoms with Crippen LogP contribution >= 0.6 is 0 Å². The summed E-state index contributed by atoms with van der Waals surface area (Å²) in [6, 6.07) is 0. The van der Waals surface area contributed by atoms with Crippen LogP contribution in [-0.2, 0) is 0 Å². The first-order chi connectivity index (χ1) is 9.31. The van der Waals surface area contributed by atoms with Crippen LogP contribution in [0.25, 0.3) is 0 Å². The second-order valence-electron chi connectivity index (χ2n) is 6.21. The fourth-order valence-electron chi connectivity index (χ4n) is 3.29. The van der Waals surface area contributed by atoms with Crippen LogP contribution in [0, 0.1) is 5.92 Å². The molecule has 2 rings (SSSR count). The zero-order valence-electron chi connectivity index (χ0n) is 12.7. The van der Waals surface area contributed by atoms with E-state index >= 15 is 0 Å². The van der Waals surface area contributed by atoms with Gasteiger partial charge in [0.05, 0.1) is 6.67 Å². The number of likely N-dealkylation sites (tertiary alicyclic amines) is 1. The molecule has 4 heteroatoms. The summed E-state index contributed by atoms with van der Waals surface area (Å²) in [5, 5.41) is 0. The molecule has 0 radical (unpaired) electrons. The van der Waals surface area contributed by atoms with Gasteiger partial charge in [-0.1, -0.05) is 13.3 Å². The zero-order valence-corrected chi connectivity index (χ0v) is 12.7. The number of hydrogen-bond donors (Lipinski definition) is 1. The van der Waals surface area contributed by atoms with E-state index in [2.05, 4.69) is 21.6 Å². The SMILES string of the molecule is CCC1CCN(CN2CCN(CCCN)CC2)CC1. The Kier molecular flexibility index (Phi) is 6.57. The van der Waals surface area contributed by atoms with Crippen molar-refractivity contribution in [3.63, 3.8) is 0 Å². The van der Waals surface area contributed by atoms with Gasteiger partial charge in [-0.2, -0.15) is 0 Å². The van der Waals surface area contributed by atoms with Crippen LogP contribution in [-0.4, -0.2) is 73.7 Å². The molecule has 4 nitrogen and oxygen atoms in total. The standard InChI is InChI=1S/C15H32N4/c1-2-15-4-8-18(9-5-15)14-19-12-10-17(11-13-19)7-3-6-16/h15H,2-14,16H2,1H3. The van der Waals surface area contributed by atoms with Crippen LogP contribution in [0.3, 0.4) is 0 Å². The molecule has 0 saturated carbocycles. The van der Waals surface area contributed by atoms with Crippen molar-refractivity contribution in [3.05, 3.63) is 0 Å². The monoisotopic (exact) mass is 268 g/mol. The molecule has 0 spiro atoms. The maximum Gasteiger partial charge on any atom is 0.0507 e. The third kappa shape index (κ3) is 5.03. The maximum atomic E-state index is 5.58. The summed E-state index contributed by atoms with van der Waals surface area (Å²) in [4.78, 5) is 7.85. The minimum Gasteiger partial charge on any atom is -0.330 e. The Morgan fingerprint density at radius 3 is 2.05 bits per heavy atom. The fraction of sp³-hybridized carbons (Fsp3) is 1.00. The lowest BCUT2D eigenvalue weighted by Gasteiger charge is -2.39. The predicted molar refractivity (Wildman–Crippen MR) is 81.1 cm³/mol. The summed E-state index contributed by atoms with van der Waals surface area (Å²) in [7, 11) is 0. The molecule has 0 aromatic rings.